The Kier molecular flexibility index (Phi) is 10.6. The first-order chi connectivity index (χ1) is 10.3. The monoisotopic (exact) mass is 295 g/mol. The number of carbonyl (C=O) groups is 1. The molecule has 0 aliphatic carbocycles. The third-order valence-corrected chi connectivity index (χ3v) is 2.14. The van der Waals surface area contributed by atoms with Gasteiger partial charge in [-0.1, -0.05) is 39.8 Å². The lowest BCUT2D eigenvalue weighted by atomic mass is 10.3. The number of para-hydroxylation sites is 2. The molecule has 1 heterocycles. The van der Waals surface area contributed by atoms with Gasteiger partial charge in [0.1, 0.15) is 12.6 Å². The lowest BCUT2D eigenvalue weighted by molar-refractivity contribution is 0.113. The number of H-pyrrole nitrogens is 1. The van der Waals surface area contributed by atoms with Crippen LogP contribution in [0.15, 0.2) is 24.3 Å². The van der Waals surface area contributed by atoms with Gasteiger partial charge in [0.05, 0.1) is 11.0 Å². The molecule has 0 spiro atoms. The van der Waals surface area contributed by atoms with Crippen LogP contribution in [-0.2, 0) is 16.1 Å². The fourth-order valence-electron chi connectivity index (χ4n) is 1.39. The van der Waals surface area contributed by atoms with E-state index >= 15 is 0 Å². The second-order valence-corrected chi connectivity index (χ2v) is 3.39. The zero-order chi connectivity index (χ0) is 16.1. The molecule has 1 amide bonds. The maximum absolute atomic E-state index is 11.1. The topological polar surface area (TPSA) is 76.2 Å². The van der Waals surface area contributed by atoms with E-state index in [1.807, 2.05) is 52.0 Å². The summed E-state index contributed by atoms with van der Waals surface area (Å²) in [5, 5.41) is 2.41. The van der Waals surface area contributed by atoms with Crippen molar-refractivity contribution in [2.24, 2.45) is 0 Å². The summed E-state index contributed by atoms with van der Waals surface area (Å²) in [6.07, 6.45) is -0.535. The Bertz CT molecular complexity index is 479. The molecule has 2 rings (SSSR count). The SMILES string of the molecule is CC.CC.COCNC(=O)OCc1nc2ccccc2[nH]1. The highest BCUT2D eigenvalue weighted by Crippen LogP contribution is 2.10. The Hall–Kier alpha value is -2.08. The Morgan fingerprint density at radius 1 is 1.24 bits per heavy atom. The van der Waals surface area contributed by atoms with Crippen LogP contribution in [0.5, 0.6) is 0 Å². The molecule has 0 fully saturated rings. The number of imidazole rings is 1. The number of amides is 1. The van der Waals surface area contributed by atoms with Gasteiger partial charge in [-0.05, 0) is 12.1 Å². The standard InChI is InChI=1S/C11H13N3O3.2C2H6/c1-16-7-12-11(15)17-6-10-13-8-4-2-3-5-9(8)14-10;2*1-2/h2-5H,6-7H2,1H3,(H,12,15)(H,13,14);2*1-2H3. The van der Waals surface area contributed by atoms with Gasteiger partial charge in [0.25, 0.3) is 0 Å². The fourth-order valence-corrected chi connectivity index (χ4v) is 1.39. The molecule has 21 heavy (non-hydrogen) atoms. The molecule has 0 atom stereocenters. The average molecular weight is 295 g/mol. The van der Waals surface area contributed by atoms with E-state index < -0.39 is 6.09 Å². The van der Waals surface area contributed by atoms with E-state index in [0.29, 0.717) is 5.82 Å². The molecule has 0 bridgehead atoms. The molecular weight excluding hydrogens is 270 g/mol. The predicted molar refractivity (Wildman–Crippen MR) is 84.0 cm³/mol. The number of nitrogens with one attached hydrogen (secondary N) is 2. The predicted octanol–water partition coefficient (Wildman–Crippen LogP) is 3.45. The largest absolute Gasteiger partial charge is 0.441 e. The summed E-state index contributed by atoms with van der Waals surface area (Å²) in [6.45, 7) is 8.23. The molecule has 0 unspecified atom stereocenters. The number of hydrogen-bond donors (Lipinski definition) is 2. The first-order valence-electron chi connectivity index (χ1n) is 7.13. The Labute approximate surface area is 125 Å². The molecule has 1 aromatic carbocycles. The van der Waals surface area contributed by atoms with Crippen LogP contribution in [0.3, 0.4) is 0 Å². The molecule has 0 aliphatic heterocycles. The molecule has 1 aromatic heterocycles. The van der Waals surface area contributed by atoms with Crippen LogP contribution in [0.1, 0.15) is 33.5 Å². The molecule has 0 aliphatic rings. The number of alkyl carbamates (subject to hydrolysis) is 1. The van der Waals surface area contributed by atoms with Gasteiger partial charge in [-0.3, -0.25) is 5.32 Å². The molecule has 118 valence electrons. The van der Waals surface area contributed by atoms with Crippen molar-refractivity contribution in [2.75, 3.05) is 13.8 Å². The van der Waals surface area contributed by atoms with Crippen molar-refractivity contribution in [3.63, 3.8) is 0 Å². The van der Waals surface area contributed by atoms with Crippen molar-refractivity contribution >= 4 is 17.1 Å². The van der Waals surface area contributed by atoms with Crippen molar-refractivity contribution in [1.29, 1.82) is 0 Å². The van der Waals surface area contributed by atoms with Crippen LogP contribution < -0.4 is 5.32 Å². The minimum Gasteiger partial charge on any atom is -0.441 e. The molecule has 0 saturated carbocycles. The molecular formula is C15H25N3O3. The summed E-state index contributed by atoms with van der Waals surface area (Å²) < 4.78 is 9.61. The first kappa shape index (κ1) is 18.9. The minimum atomic E-state index is -0.535. The van der Waals surface area contributed by atoms with Gasteiger partial charge in [0, 0.05) is 7.11 Å². The number of carbonyl (C=O) groups excluding carboxylic acids is 1. The third-order valence-electron chi connectivity index (χ3n) is 2.14. The summed E-state index contributed by atoms with van der Waals surface area (Å²) in [4.78, 5) is 18.5. The van der Waals surface area contributed by atoms with Gasteiger partial charge in [0.2, 0.25) is 0 Å². The normalized spacial score (nSPS) is 9.00. The van der Waals surface area contributed by atoms with Gasteiger partial charge in [0.15, 0.2) is 6.61 Å². The first-order valence-corrected chi connectivity index (χ1v) is 7.13. The smallest absolute Gasteiger partial charge is 0.409 e. The zero-order valence-corrected chi connectivity index (χ0v) is 13.4. The van der Waals surface area contributed by atoms with Gasteiger partial charge in [-0.25, -0.2) is 9.78 Å². The molecule has 6 nitrogen and oxygen atoms in total. The molecule has 0 saturated heterocycles. The van der Waals surface area contributed by atoms with Crippen molar-refractivity contribution in [3.05, 3.63) is 30.1 Å². The Morgan fingerprint density at radius 2 is 1.90 bits per heavy atom. The lowest BCUT2D eigenvalue weighted by Gasteiger charge is -2.03. The third kappa shape index (κ3) is 6.76. The molecule has 2 N–H and O–H groups in total. The summed E-state index contributed by atoms with van der Waals surface area (Å²) in [5.41, 5.74) is 1.77. The summed E-state index contributed by atoms with van der Waals surface area (Å²) in [5.74, 6) is 0.610. The Balaban J connectivity index is 0.000000921. The van der Waals surface area contributed by atoms with Crippen molar-refractivity contribution in [1.82, 2.24) is 15.3 Å². The summed E-state index contributed by atoms with van der Waals surface area (Å²) >= 11 is 0. The van der Waals surface area contributed by atoms with Gasteiger partial charge < -0.3 is 14.5 Å². The van der Waals surface area contributed by atoms with Crippen molar-refractivity contribution in [3.8, 4) is 0 Å². The highest BCUT2D eigenvalue weighted by atomic mass is 16.6. The van der Waals surface area contributed by atoms with E-state index in [-0.39, 0.29) is 13.3 Å². The van der Waals surface area contributed by atoms with Crippen molar-refractivity contribution < 1.29 is 14.3 Å². The fraction of sp³-hybridized carbons (Fsp3) is 0.467. The van der Waals surface area contributed by atoms with Gasteiger partial charge in [-0.2, -0.15) is 0 Å². The quantitative estimate of drug-likeness (QED) is 0.847. The number of fused-ring (bicyclic) bond motifs is 1. The molecule has 0 radical (unpaired) electrons. The van der Waals surface area contributed by atoms with Crippen LogP contribution in [0.4, 0.5) is 4.79 Å². The average Bonchev–Trinajstić information content (AvgIpc) is 2.97. The van der Waals surface area contributed by atoms with Crippen LogP contribution >= 0.6 is 0 Å². The zero-order valence-electron chi connectivity index (χ0n) is 13.4. The number of methoxy groups -OCH3 is 1. The van der Waals surface area contributed by atoms with E-state index in [0.717, 1.165) is 11.0 Å². The number of hydrogen-bond acceptors (Lipinski definition) is 4. The van der Waals surface area contributed by atoms with Crippen LogP contribution in [0.25, 0.3) is 11.0 Å². The van der Waals surface area contributed by atoms with E-state index in [1.54, 1.807) is 0 Å². The number of aromatic amines is 1. The van der Waals surface area contributed by atoms with Crippen LogP contribution in [0, 0.1) is 0 Å². The van der Waals surface area contributed by atoms with E-state index in [4.69, 9.17) is 4.74 Å². The van der Waals surface area contributed by atoms with Crippen LogP contribution in [-0.4, -0.2) is 29.9 Å². The number of ether oxygens (including phenoxy) is 2. The van der Waals surface area contributed by atoms with Gasteiger partial charge in [-0.15, -0.1) is 0 Å². The number of benzene rings is 1. The second-order valence-electron chi connectivity index (χ2n) is 3.39. The second kappa shape index (κ2) is 11.7. The number of aromatic nitrogens is 2. The lowest BCUT2D eigenvalue weighted by Crippen LogP contribution is -2.26. The minimum absolute atomic E-state index is 0.101. The van der Waals surface area contributed by atoms with E-state index in [2.05, 4.69) is 20.0 Å². The summed E-state index contributed by atoms with van der Waals surface area (Å²) in [6, 6.07) is 7.62. The number of nitrogens with zero attached hydrogens (tertiary/aromatic N) is 1. The van der Waals surface area contributed by atoms with E-state index in [9.17, 15) is 4.79 Å². The highest BCUT2D eigenvalue weighted by Gasteiger charge is 2.05. The number of rotatable bonds is 4. The molecule has 6 heteroatoms. The van der Waals surface area contributed by atoms with Gasteiger partial charge >= 0.3 is 6.09 Å². The Morgan fingerprint density at radius 3 is 2.52 bits per heavy atom. The van der Waals surface area contributed by atoms with E-state index in [1.165, 1.54) is 7.11 Å². The highest BCUT2D eigenvalue weighted by molar-refractivity contribution is 5.74. The summed E-state index contributed by atoms with van der Waals surface area (Å²) in [7, 11) is 1.49. The van der Waals surface area contributed by atoms with Crippen LogP contribution in [0.2, 0.25) is 0 Å². The maximum atomic E-state index is 11.1. The van der Waals surface area contributed by atoms with Crippen molar-refractivity contribution in [2.45, 2.75) is 34.3 Å². The molecule has 2 aromatic rings. The maximum Gasteiger partial charge on any atom is 0.409 e.